The monoisotopic (exact) mass is 549 g/mol. The van der Waals surface area contributed by atoms with E-state index < -0.39 is 6.04 Å². The summed E-state index contributed by atoms with van der Waals surface area (Å²) in [7, 11) is 1.58. The molecule has 9 heteroatoms. The average Bonchev–Trinajstić information content (AvgIpc) is 3.42. The van der Waals surface area contributed by atoms with Gasteiger partial charge in [0, 0.05) is 12.2 Å². The Morgan fingerprint density at radius 2 is 1.56 bits per heavy atom. The zero-order valence-corrected chi connectivity index (χ0v) is 22.9. The fraction of sp³-hybridized carbons (Fsp3) is 0.188. The number of para-hydroxylation sites is 1. The summed E-state index contributed by atoms with van der Waals surface area (Å²) in [4.78, 5) is 29.7. The van der Waals surface area contributed by atoms with Crippen LogP contribution in [0.3, 0.4) is 0 Å². The van der Waals surface area contributed by atoms with Gasteiger partial charge in [-0.15, -0.1) is 5.10 Å². The van der Waals surface area contributed by atoms with Crippen LogP contribution in [0, 0.1) is 0 Å². The van der Waals surface area contributed by atoms with Crippen LogP contribution in [-0.2, 0) is 22.7 Å². The third kappa shape index (κ3) is 6.36. The molecule has 1 N–H and O–H groups in total. The number of hydrogen-bond acceptors (Lipinski definition) is 6. The Morgan fingerprint density at radius 1 is 0.878 bits per heavy atom. The molecule has 0 radical (unpaired) electrons. The first-order chi connectivity index (χ1) is 20.1. The summed E-state index contributed by atoms with van der Waals surface area (Å²) in [5.74, 6) is 0.649. The van der Waals surface area contributed by atoms with E-state index in [0.29, 0.717) is 41.4 Å². The second-order valence-corrected chi connectivity index (χ2v) is 9.31. The normalized spacial score (nSPS) is 11.6. The number of fused-ring (bicyclic) bond motifs is 1. The van der Waals surface area contributed by atoms with Crippen molar-refractivity contribution in [2.45, 2.75) is 26.1 Å². The number of carbonyl (C=O) groups excluding carboxylic acids is 2. The second kappa shape index (κ2) is 12.8. The molecule has 0 aliphatic rings. The van der Waals surface area contributed by atoms with Gasteiger partial charge in [-0.3, -0.25) is 14.5 Å². The van der Waals surface area contributed by atoms with E-state index in [2.05, 4.69) is 15.6 Å². The van der Waals surface area contributed by atoms with Crippen molar-refractivity contribution >= 4 is 28.5 Å². The van der Waals surface area contributed by atoms with Gasteiger partial charge in [-0.05, 0) is 66.6 Å². The van der Waals surface area contributed by atoms with Crippen LogP contribution in [0.4, 0.5) is 5.69 Å². The number of rotatable bonds is 11. The number of nitrogens with zero attached hydrogens (tertiary/aromatic N) is 4. The van der Waals surface area contributed by atoms with Gasteiger partial charge in [0.15, 0.2) is 0 Å². The number of carbonyl (C=O) groups is 2. The van der Waals surface area contributed by atoms with Crippen molar-refractivity contribution in [3.05, 3.63) is 114 Å². The lowest BCUT2D eigenvalue weighted by Crippen LogP contribution is -2.45. The fourth-order valence-corrected chi connectivity index (χ4v) is 4.63. The van der Waals surface area contributed by atoms with Crippen LogP contribution in [0.15, 0.2) is 103 Å². The van der Waals surface area contributed by atoms with Crippen LogP contribution < -0.4 is 19.7 Å². The Balaban J connectivity index is 1.55. The molecule has 0 saturated carbocycles. The van der Waals surface area contributed by atoms with Gasteiger partial charge in [0.2, 0.25) is 11.8 Å². The first-order valence-corrected chi connectivity index (χ1v) is 13.4. The Bertz CT molecular complexity index is 1600. The highest BCUT2D eigenvalue weighted by Gasteiger charge is 2.33. The number of anilines is 1. The first kappa shape index (κ1) is 27.4. The molecule has 0 saturated heterocycles. The number of benzene rings is 4. The third-order valence-corrected chi connectivity index (χ3v) is 6.65. The standard InChI is InChI=1S/C32H31N5O4/c1-3-41-27-17-13-24(14-18-27)31(32(39)33-21-23-9-5-4-6-10-23)37(25-15-19-26(40-2)20-16-25)30(38)22-36-29-12-8-7-11-28(29)34-35-36/h4-20,31H,3,21-22H2,1-2H3,(H,33,39). The zero-order valence-electron chi connectivity index (χ0n) is 22.9. The van der Waals surface area contributed by atoms with Crippen LogP contribution in [0.1, 0.15) is 24.1 Å². The maximum atomic E-state index is 14.2. The molecule has 0 bridgehead atoms. The second-order valence-electron chi connectivity index (χ2n) is 9.31. The first-order valence-electron chi connectivity index (χ1n) is 13.4. The SMILES string of the molecule is CCOc1ccc(C(C(=O)NCc2ccccc2)N(C(=O)Cn2nnc3ccccc32)c2ccc(OC)cc2)cc1. The van der Waals surface area contributed by atoms with E-state index in [9.17, 15) is 9.59 Å². The van der Waals surface area contributed by atoms with Crippen molar-refractivity contribution in [1.82, 2.24) is 20.3 Å². The van der Waals surface area contributed by atoms with Gasteiger partial charge >= 0.3 is 0 Å². The Morgan fingerprint density at radius 3 is 2.27 bits per heavy atom. The largest absolute Gasteiger partial charge is 0.497 e. The van der Waals surface area contributed by atoms with Gasteiger partial charge < -0.3 is 14.8 Å². The zero-order chi connectivity index (χ0) is 28.6. The summed E-state index contributed by atoms with van der Waals surface area (Å²) in [6, 6.07) is 30.4. The number of amides is 2. The van der Waals surface area contributed by atoms with Gasteiger partial charge in [-0.1, -0.05) is 59.8 Å². The quantitative estimate of drug-likeness (QED) is 0.251. The van der Waals surface area contributed by atoms with E-state index in [1.807, 2.05) is 73.7 Å². The van der Waals surface area contributed by atoms with Crippen molar-refractivity contribution in [2.75, 3.05) is 18.6 Å². The molecule has 41 heavy (non-hydrogen) atoms. The van der Waals surface area contributed by atoms with Gasteiger partial charge in [0.25, 0.3) is 0 Å². The molecule has 1 heterocycles. The lowest BCUT2D eigenvalue weighted by molar-refractivity contribution is -0.127. The Kier molecular flexibility index (Phi) is 8.54. The number of aromatic nitrogens is 3. The topological polar surface area (TPSA) is 98.6 Å². The van der Waals surface area contributed by atoms with E-state index in [0.717, 1.165) is 11.1 Å². The highest BCUT2D eigenvalue weighted by Crippen LogP contribution is 2.31. The molecule has 5 aromatic rings. The molecule has 208 valence electrons. The maximum Gasteiger partial charge on any atom is 0.249 e. The smallest absolute Gasteiger partial charge is 0.249 e. The van der Waals surface area contributed by atoms with Crippen LogP contribution in [0.5, 0.6) is 11.5 Å². The molecule has 1 aromatic heterocycles. The van der Waals surface area contributed by atoms with Gasteiger partial charge in [0.05, 0.1) is 19.2 Å². The number of hydrogen-bond donors (Lipinski definition) is 1. The molecule has 0 fully saturated rings. The van der Waals surface area contributed by atoms with E-state index in [1.165, 1.54) is 4.90 Å². The van der Waals surface area contributed by atoms with E-state index in [-0.39, 0.29) is 18.4 Å². The van der Waals surface area contributed by atoms with Crippen LogP contribution in [-0.4, -0.2) is 40.5 Å². The minimum Gasteiger partial charge on any atom is -0.497 e. The summed E-state index contributed by atoms with van der Waals surface area (Å²) < 4.78 is 12.5. The summed E-state index contributed by atoms with van der Waals surface area (Å²) in [5, 5.41) is 11.4. The maximum absolute atomic E-state index is 14.2. The van der Waals surface area contributed by atoms with E-state index in [1.54, 1.807) is 48.2 Å². The lowest BCUT2D eigenvalue weighted by atomic mass is 10.0. The Hall–Kier alpha value is -5.18. The molecule has 5 rings (SSSR count). The van der Waals surface area contributed by atoms with Crippen molar-refractivity contribution in [3.8, 4) is 11.5 Å². The Labute approximate surface area is 238 Å². The number of ether oxygens (including phenoxy) is 2. The summed E-state index contributed by atoms with van der Waals surface area (Å²) in [6.07, 6.45) is 0. The van der Waals surface area contributed by atoms with Gasteiger partial charge in [-0.2, -0.15) is 0 Å². The number of nitrogens with one attached hydrogen (secondary N) is 1. The highest BCUT2D eigenvalue weighted by molar-refractivity contribution is 6.01. The average molecular weight is 550 g/mol. The van der Waals surface area contributed by atoms with Crippen LogP contribution in [0.2, 0.25) is 0 Å². The van der Waals surface area contributed by atoms with Crippen LogP contribution >= 0.6 is 0 Å². The third-order valence-electron chi connectivity index (χ3n) is 6.65. The molecule has 0 aliphatic carbocycles. The highest BCUT2D eigenvalue weighted by atomic mass is 16.5. The summed E-state index contributed by atoms with van der Waals surface area (Å²) in [6.45, 7) is 2.62. The van der Waals surface area contributed by atoms with Crippen molar-refractivity contribution in [2.24, 2.45) is 0 Å². The summed E-state index contributed by atoms with van der Waals surface area (Å²) >= 11 is 0. The van der Waals surface area contributed by atoms with Gasteiger partial charge in [0.1, 0.15) is 29.6 Å². The molecule has 2 amide bonds. The minimum absolute atomic E-state index is 0.119. The number of methoxy groups -OCH3 is 1. The molecule has 1 unspecified atom stereocenters. The predicted molar refractivity (Wildman–Crippen MR) is 157 cm³/mol. The van der Waals surface area contributed by atoms with Crippen molar-refractivity contribution < 1.29 is 19.1 Å². The molecule has 1 atom stereocenters. The lowest BCUT2D eigenvalue weighted by Gasteiger charge is -2.32. The predicted octanol–water partition coefficient (Wildman–Crippen LogP) is 4.93. The van der Waals surface area contributed by atoms with E-state index >= 15 is 0 Å². The molecule has 0 spiro atoms. The van der Waals surface area contributed by atoms with Gasteiger partial charge in [-0.25, -0.2) is 4.68 Å². The fourth-order valence-electron chi connectivity index (χ4n) is 4.63. The molecular weight excluding hydrogens is 518 g/mol. The van der Waals surface area contributed by atoms with Crippen molar-refractivity contribution in [1.29, 1.82) is 0 Å². The summed E-state index contributed by atoms with van der Waals surface area (Å²) in [5.41, 5.74) is 3.52. The van der Waals surface area contributed by atoms with E-state index in [4.69, 9.17) is 9.47 Å². The molecule has 0 aliphatic heterocycles. The molecule has 4 aromatic carbocycles. The molecular formula is C32H31N5O4. The van der Waals surface area contributed by atoms with Crippen molar-refractivity contribution in [3.63, 3.8) is 0 Å². The van der Waals surface area contributed by atoms with Crippen LogP contribution in [0.25, 0.3) is 11.0 Å². The molecule has 9 nitrogen and oxygen atoms in total. The minimum atomic E-state index is -0.981.